The van der Waals surface area contributed by atoms with Gasteiger partial charge in [0, 0.05) is 36.3 Å². The largest absolute Gasteiger partial charge is 0.232 e. The lowest BCUT2D eigenvalue weighted by Gasteiger charge is -2.45. The summed E-state index contributed by atoms with van der Waals surface area (Å²) in [4.78, 5) is 0. The second-order valence-electron chi connectivity index (χ2n) is 6.06. The highest BCUT2D eigenvalue weighted by atomic mass is 32.2. The van der Waals surface area contributed by atoms with Crippen molar-refractivity contribution >= 4 is 12.1 Å². The third-order valence-electron chi connectivity index (χ3n) is 4.41. The molecule has 2 nitrogen and oxygen atoms in total. The van der Waals surface area contributed by atoms with E-state index in [1.807, 2.05) is 12.1 Å². The van der Waals surface area contributed by atoms with Crippen LogP contribution in [0.5, 0.6) is 0 Å². The van der Waals surface area contributed by atoms with Crippen molar-refractivity contribution in [1.29, 1.82) is 0 Å². The Bertz CT molecular complexity index is 202. The summed E-state index contributed by atoms with van der Waals surface area (Å²) in [5.74, 6) is 0. The second-order valence-corrected chi connectivity index (χ2v) is 7.07. The molecule has 0 aromatic carbocycles. The zero-order chi connectivity index (χ0) is 12.4. The minimum Gasteiger partial charge on any atom is -0.232 e. The molecule has 2 fully saturated rings. The molecule has 4 atom stereocenters. The van der Waals surface area contributed by atoms with Gasteiger partial charge in [0.05, 0.1) is 0 Å². The number of piperidine rings is 2. The van der Waals surface area contributed by atoms with Gasteiger partial charge >= 0.3 is 0 Å². The van der Waals surface area contributed by atoms with E-state index < -0.39 is 0 Å². The van der Waals surface area contributed by atoms with E-state index in [1.165, 1.54) is 38.5 Å². The summed E-state index contributed by atoms with van der Waals surface area (Å²) >= 11 is 2.04. The molecule has 0 aromatic rings. The third-order valence-corrected chi connectivity index (χ3v) is 6.23. The van der Waals surface area contributed by atoms with E-state index in [-0.39, 0.29) is 0 Å². The van der Waals surface area contributed by atoms with E-state index in [4.69, 9.17) is 0 Å². The molecule has 2 heterocycles. The van der Waals surface area contributed by atoms with Gasteiger partial charge in [0.15, 0.2) is 0 Å². The van der Waals surface area contributed by atoms with Crippen LogP contribution >= 0.6 is 12.1 Å². The van der Waals surface area contributed by atoms with Crippen molar-refractivity contribution in [2.75, 3.05) is 0 Å². The van der Waals surface area contributed by atoms with Crippen LogP contribution in [0.15, 0.2) is 0 Å². The van der Waals surface area contributed by atoms with Crippen LogP contribution in [0.25, 0.3) is 0 Å². The Morgan fingerprint density at radius 2 is 0.941 bits per heavy atom. The summed E-state index contributed by atoms with van der Waals surface area (Å²) in [5.41, 5.74) is 0. The van der Waals surface area contributed by atoms with Gasteiger partial charge in [-0.1, -0.05) is 12.8 Å². The predicted octanol–water partition coefficient (Wildman–Crippen LogP) is 4.08. The molecule has 0 aliphatic carbocycles. The van der Waals surface area contributed by atoms with Crippen molar-refractivity contribution in [3.63, 3.8) is 0 Å². The number of hydrogen-bond acceptors (Lipinski definition) is 3. The first-order valence-corrected chi connectivity index (χ1v) is 8.07. The highest BCUT2D eigenvalue weighted by molar-refractivity contribution is 7.94. The maximum absolute atomic E-state index is 2.65. The van der Waals surface area contributed by atoms with Crippen molar-refractivity contribution in [1.82, 2.24) is 8.61 Å². The minimum absolute atomic E-state index is 0.741. The predicted molar refractivity (Wildman–Crippen MR) is 76.8 cm³/mol. The maximum Gasteiger partial charge on any atom is 0.0189 e. The zero-order valence-electron chi connectivity index (χ0n) is 11.9. The quantitative estimate of drug-likeness (QED) is 0.688. The van der Waals surface area contributed by atoms with E-state index in [0.29, 0.717) is 0 Å². The Morgan fingerprint density at radius 1 is 0.647 bits per heavy atom. The van der Waals surface area contributed by atoms with Crippen LogP contribution in [-0.4, -0.2) is 32.8 Å². The average molecular weight is 256 g/mol. The fourth-order valence-corrected chi connectivity index (χ4v) is 4.51. The van der Waals surface area contributed by atoms with Gasteiger partial charge in [-0.3, -0.25) is 0 Å². The van der Waals surface area contributed by atoms with Gasteiger partial charge in [0.25, 0.3) is 0 Å². The molecule has 0 saturated carbocycles. The van der Waals surface area contributed by atoms with Gasteiger partial charge in [-0.05, 0) is 53.4 Å². The van der Waals surface area contributed by atoms with Crippen LogP contribution in [0.1, 0.15) is 66.2 Å². The Balaban J connectivity index is 1.97. The topological polar surface area (TPSA) is 6.48 Å². The maximum atomic E-state index is 2.65. The fourth-order valence-electron chi connectivity index (χ4n) is 3.23. The zero-order valence-corrected chi connectivity index (χ0v) is 12.7. The number of hydrogen-bond donors (Lipinski definition) is 0. The first-order valence-electron chi connectivity index (χ1n) is 7.34. The van der Waals surface area contributed by atoms with Crippen molar-refractivity contribution in [2.24, 2.45) is 0 Å². The van der Waals surface area contributed by atoms with Gasteiger partial charge in [-0.15, -0.1) is 0 Å². The van der Waals surface area contributed by atoms with E-state index in [1.54, 1.807) is 0 Å². The lowest BCUT2D eigenvalue weighted by Crippen LogP contribution is -2.46. The summed E-state index contributed by atoms with van der Waals surface area (Å²) in [6.45, 7) is 9.56. The molecule has 0 amide bonds. The molecule has 4 unspecified atom stereocenters. The van der Waals surface area contributed by atoms with Crippen LogP contribution < -0.4 is 0 Å². The summed E-state index contributed by atoms with van der Waals surface area (Å²) in [5, 5.41) is 0. The molecular formula is C14H28N2S. The summed E-state index contributed by atoms with van der Waals surface area (Å²) in [6.07, 6.45) is 8.29. The minimum atomic E-state index is 0.741. The summed E-state index contributed by atoms with van der Waals surface area (Å²) < 4.78 is 5.31. The first-order chi connectivity index (χ1) is 8.09. The highest BCUT2D eigenvalue weighted by Crippen LogP contribution is 2.36. The monoisotopic (exact) mass is 256 g/mol. The molecule has 0 aromatic heterocycles. The van der Waals surface area contributed by atoms with Crippen LogP contribution in [-0.2, 0) is 0 Å². The van der Waals surface area contributed by atoms with Crippen molar-refractivity contribution < 1.29 is 0 Å². The third kappa shape index (κ3) is 3.18. The van der Waals surface area contributed by atoms with Crippen LogP contribution in [0.4, 0.5) is 0 Å². The van der Waals surface area contributed by atoms with Crippen LogP contribution in [0.2, 0.25) is 0 Å². The standard InChI is InChI=1S/C14H28N2S/c1-11-7-5-8-12(2)15(11)17-16-13(3)9-6-10-14(16)4/h11-14H,5-10H2,1-4H3. The molecular weight excluding hydrogens is 228 g/mol. The molecule has 3 heteroatoms. The number of rotatable bonds is 2. The van der Waals surface area contributed by atoms with Gasteiger partial charge in [-0.25, -0.2) is 8.61 Å². The highest BCUT2D eigenvalue weighted by Gasteiger charge is 2.32. The van der Waals surface area contributed by atoms with Crippen molar-refractivity contribution in [2.45, 2.75) is 90.4 Å². The Labute approximate surface area is 111 Å². The smallest absolute Gasteiger partial charge is 0.0189 e. The average Bonchev–Trinajstić information content (AvgIpc) is 2.27. The fraction of sp³-hybridized carbons (Fsp3) is 1.00. The lowest BCUT2D eigenvalue weighted by atomic mass is 10.0. The molecule has 17 heavy (non-hydrogen) atoms. The van der Waals surface area contributed by atoms with Crippen LogP contribution in [0, 0.1) is 0 Å². The van der Waals surface area contributed by atoms with E-state index >= 15 is 0 Å². The van der Waals surface area contributed by atoms with Gasteiger partial charge < -0.3 is 0 Å². The molecule has 100 valence electrons. The first kappa shape index (κ1) is 13.7. The van der Waals surface area contributed by atoms with E-state index in [2.05, 4.69) is 36.3 Å². The van der Waals surface area contributed by atoms with Crippen molar-refractivity contribution in [3.05, 3.63) is 0 Å². The SMILES string of the molecule is CC1CCCC(C)N1SN1C(C)CCCC1C. The molecule has 2 aliphatic rings. The van der Waals surface area contributed by atoms with Crippen molar-refractivity contribution in [3.8, 4) is 0 Å². The molecule has 0 N–H and O–H groups in total. The molecule has 2 rings (SSSR count). The summed E-state index contributed by atoms with van der Waals surface area (Å²) in [7, 11) is 0. The second kappa shape index (κ2) is 5.94. The molecule has 2 aliphatic heterocycles. The summed E-state index contributed by atoms with van der Waals surface area (Å²) in [6, 6.07) is 2.96. The lowest BCUT2D eigenvalue weighted by molar-refractivity contribution is 0.180. The van der Waals surface area contributed by atoms with E-state index in [9.17, 15) is 0 Å². The molecule has 0 radical (unpaired) electrons. The van der Waals surface area contributed by atoms with Gasteiger partial charge in [0.1, 0.15) is 0 Å². The number of nitrogens with zero attached hydrogens (tertiary/aromatic N) is 2. The Morgan fingerprint density at radius 3 is 1.24 bits per heavy atom. The van der Waals surface area contributed by atoms with Crippen LogP contribution in [0.3, 0.4) is 0 Å². The molecule has 2 saturated heterocycles. The Hall–Kier alpha value is 0.270. The molecule has 0 spiro atoms. The van der Waals surface area contributed by atoms with E-state index in [0.717, 1.165) is 24.2 Å². The molecule has 0 bridgehead atoms. The van der Waals surface area contributed by atoms with Gasteiger partial charge in [0.2, 0.25) is 0 Å². The Kier molecular flexibility index (Phi) is 4.79. The van der Waals surface area contributed by atoms with Gasteiger partial charge in [-0.2, -0.15) is 0 Å². The normalized spacial score (nSPS) is 41.6.